The van der Waals surface area contributed by atoms with Gasteiger partial charge in [0.2, 0.25) is 0 Å². The third-order valence-electron chi connectivity index (χ3n) is 4.86. The molecule has 2 rings (SSSR count). The minimum atomic E-state index is -0.388. The molecule has 0 radical (unpaired) electrons. The van der Waals surface area contributed by atoms with Gasteiger partial charge in [0.1, 0.15) is 0 Å². The highest BCUT2D eigenvalue weighted by atomic mass is 16.5. The van der Waals surface area contributed by atoms with Crippen molar-refractivity contribution in [2.24, 2.45) is 0 Å². The highest BCUT2D eigenvalue weighted by molar-refractivity contribution is 5.83. The molecular weight excluding hydrogens is 360 g/mol. The number of carbonyl (C=O) groups excluding carboxylic acids is 1. The SMILES string of the molecule is CCCCCC=CC(=O)Oc1cnc(-c2ccc(CCCCCCC)cc2)nc1. The summed E-state index contributed by atoms with van der Waals surface area (Å²) in [5, 5.41) is 0. The van der Waals surface area contributed by atoms with Crippen LogP contribution in [0.15, 0.2) is 48.8 Å². The van der Waals surface area contributed by atoms with Crippen LogP contribution < -0.4 is 4.74 Å². The Morgan fingerprint density at radius 2 is 1.55 bits per heavy atom. The molecule has 0 bridgehead atoms. The van der Waals surface area contributed by atoms with E-state index in [1.807, 2.05) is 6.08 Å². The molecule has 0 amide bonds. The molecular formula is C25H34N2O2. The van der Waals surface area contributed by atoms with Crippen LogP contribution >= 0.6 is 0 Å². The van der Waals surface area contributed by atoms with Gasteiger partial charge in [-0.05, 0) is 31.2 Å². The van der Waals surface area contributed by atoms with E-state index in [4.69, 9.17) is 4.74 Å². The second-order valence-electron chi connectivity index (χ2n) is 7.42. The molecule has 0 fully saturated rings. The van der Waals surface area contributed by atoms with E-state index in [0.717, 1.165) is 24.8 Å². The van der Waals surface area contributed by atoms with Gasteiger partial charge in [-0.2, -0.15) is 0 Å². The second-order valence-corrected chi connectivity index (χ2v) is 7.42. The van der Waals surface area contributed by atoms with Crippen LogP contribution in [0, 0.1) is 0 Å². The third kappa shape index (κ3) is 9.03. The summed E-state index contributed by atoms with van der Waals surface area (Å²) in [7, 11) is 0. The highest BCUT2D eigenvalue weighted by Crippen LogP contribution is 2.18. The number of rotatable bonds is 13. The number of allylic oxidation sites excluding steroid dienone is 1. The molecule has 0 unspecified atom stereocenters. The molecule has 0 saturated heterocycles. The number of esters is 1. The average molecular weight is 395 g/mol. The van der Waals surface area contributed by atoms with Crippen molar-refractivity contribution in [3.05, 3.63) is 54.4 Å². The largest absolute Gasteiger partial charge is 0.420 e. The van der Waals surface area contributed by atoms with Crippen LogP contribution in [0.5, 0.6) is 5.75 Å². The van der Waals surface area contributed by atoms with Crippen LogP contribution in [0.1, 0.15) is 77.2 Å². The zero-order valence-corrected chi connectivity index (χ0v) is 17.9. The van der Waals surface area contributed by atoms with E-state index in [-0.39, 0.29) is 5.97 Å². The fraction of sp³-hybridized carbons (Fsp3) is 0.480. The summed E-state index contributed by atoms with van der Waals surface area (Å²) >= 11 is 0. The minimum absolute atomic E-state index is 0.362. The van der Waals surface area contributed by atoms with Gasteiger partial charge in [-0.1, -0.05) is 82.7 Å². The molecule has 1 aromatic heterocycles. The number of nitrogens with zero attached hydrogens (tertiary/aromatic N) is 2. The number of aryl methyl sites for hydroxylation is 1. The number of hydrogen-bond acceptors (Lipinski definition) is 4. The van der Waals surface area contributed by atoms with E-state index < -0.39 is 0 Å². The van der Waals surface area contributed by atoms with Gasteiger partial charge in [-0.15, -0.1) is 0 Å². The van der Waals surface area contributed by atoms with E-state index in [1.165, 1.54) is 56.6 Å². The van der Waals surface area contributed by atoms with Crippen LogP contribution in [0.4, 0.5) is 0 Å². The first-order chi connectivity index (χ1) is 14.2. The Hall–Kier alpha value is -2.49. The first-order valence-corrected chi connectivity index (χ1v) is 11.0. The van der Waals surface area contributed by atoms with E-state index in [9.17, 15) is 4.79 Å². The van der Waals surface area contributed by atoms with Crippen LogP contribution in [0.25, 0.3) is 11.4 Å². The van der Waals surface area contributed by atoms with Crippen molar-refractivity contribution >= 4 is 5.97 Å². The smallest absolute Gasteiger partial charge is 0.335 e. The molecule has 0 N–H and O–H groups in total. The summed E-state index contributed by atoms with van der Waals surface area (Å²) in [5.74, 6) is 0.608. The van der Waals surface area contributed by atoms with Crippen LogP contribution in [-0.2, 0) is 11.2 Å². The number of unbranched alkanes of at least 4 members (excludes halogenated alkanes) is 7. The Bertz CT molecular complexity index is 736. The number of aromatic nitrogens is 2. The molecule has 0 spiro atoms. The summed E-state index contributed by atoms with van der Waals surface area (Å²) in [6, 6.07) is 8.41. The van der Waals surface area contributed by atoms with Crippen LogP contribution in [0.2, 0.25) is 0 Å². The Kier molecular flexibility index (Phi) is 10.7. The molecule has 0 saturated carbocycles. The lowest BCUT2D eigenvalue weighted by molar-refractivity contribution is -0.129. The van der Waals surface area contributed by atoms with E-state index in [2.05, 4.69) is 48.1 Å². The van der Waals surface area contributed by atoms with Crippen molar-refractivity contribution in [3.8, 4) is 17.1 Å². The van der Waals surface area contributed by atoms with Crippen molar-refractivity contribution in [1.82, 2.24) is 9.97 Å². The van der Waals surface area contributed by atoms with Gasteiger partial charge < -0.3 is 4.74 Å². The molecule has 1 aromatic carbocycles. The maximum absolute atomic E-state index is 11.8. The van der Waals surface area contributed by atoms with Crippen molar-refractivity contribution in [1.29, 1.82) is 0 Å². The molecule has 0 aliphatic heterocycles. The maximum Gasteiger partial charge on any atom is 0.335 e. The molecule has 0 aliphatic rings. The van der Waals surface area contributed by atoms with Gasteiger partial charge in [0.05, 0.1) is 12.4 Å². The molecule has 29 heavy (non-hydrogen) atoms. The van der Waals surface area contributed by atoms with Gasteiger partial charge in [0.15, 0.2) is 11.6 Å². The topological polar surface area (TPSA) is 52.1 Å². The summed E-state index contributed by atoms with van der Waals surface area (Å²) in [6.07, 6.45) is 18.4. The lowest BCUT2D eigenvalue weighted by atomic mass is 10.0. The zero-order chi connectivity index (χ0) is 20.7. The Morgan fingerprint density at radius 3 is 2.24 bits per heavy atom. The van der Waals surface area contributed by atoms with Gasteiger partial charge in [-0.25, -0.2) is 14.8 Å². The number of hydrogen-bond donors (Lipinski definition) is 0. The van der Waals surface area contributed by atoms with Gasteiger partial charge in [-0.3, -0.25) is 0 Å². The summed E-state index contributed by atoms with van der Waals surface area (Å²) in [6.45, 7) is 4.40. The molecule has 1 heterocycles. The molecule has 0 atom stereocenters. The standard InChI is InChI=1S/C25H34N2O2/c1-3-5-7-9-11-13-21-15-17-22(18-16-21)25-26-19-23(20-27-25)29-24(28)14-12-10-8-6-4-2/h12,14-20H,3-11,13H2,1-2H3. The fourth-order valence-corrected chi connectivity index (χ4v) is 3.11. The number of carbonyl (C=O) groups is 1. The lowest BCUT2D eigenvalue weighted by Gasteiger charge is -2.05. The Balaban J connectivity index is 1.81. The zero-order valence-electron chi connectivity index (χ0n) is 17.9. The first kappa shape index (κ1) is 22.8. The van der Waals surface area contributed by atoms with Crippen molar-refractivity contribution < 1.29 is 9.53 Å². The quantitative estimate of drug-likeness (QED) is 0.215. The molecule has 4 nitrogen and oxygen atoms in total. The van der Waals surface area contributed by atoms with Crippen LogP contribution in [-0.4, -0.2) is 15.9 Å². The van der Waals surface area contributed by atoms with Crippen molar-refractivity contribution in [2.45, 2.75) is 78.1 Å². The minimum Gasteiger partial charge on any atom is -0.420 e. The molecule has 156 valence electrons. The monoisotopic (exact) mass is 394 g/mol. The van der Waals surface area contributed by atoms with E-state index in [1.54, 1.807) is 12.4 Å². The van der Waals surface area contributed by atoms with Gasteiger partial charge in [0.25, 0.3) is 0 Å². The normalized spacial score (nSPS) is 11.1. The number of ether oxygens (including phenoxy) is 1. The third-order valence-corrected chi connectivity index (χ3v) is 4.86. The lowest BCUT2D eigenvalue weighted by Crippen LogP contribution is -2.04. The predicted molar refractivity (Wildman–Crippen MR) is 119 cm³/mol. The molecule has 0 aliphatic carbocycles. The Labute approximate surface area is 175 Å². The van der Waals surface area contributed by atoms with Crippen molar-refractivity contribution in [2.75, 3.05) is 0 Å². The average Bonchev–Trinajstić information content (AvgIpc) is 2.74. The summed E-state index contributed by atoms with van der Waals surface area (Å²) in [5.41, 5.74) is 2.31. The van der Waals surface area contributed by atoms with E-state index >= 15 is 0 Å². The second kappa shape index (κ2) is 13.6. The highest BCUT2D eigenvalue weighted by Gasteiger charge is 2.05. The van der Waals surface area contributed by atoms with Crippen molar-refractivity contribution in [3.63, 3.8) is 0 Å². The fourth-order valence-electron chi connectivity index (χ4n) is 3.11. The van der Waals surface area contributed by atoms with Gasteiger partial charge >= 0.3 is 5.97 Å². The number of benzene rings is 1. The van der Waals surface area contributed by atoms with Crippen LogP contribution in [0.3, 0.4) is 0 Å². The summed E-state index contributed by atoms with van der Waals surface area (Å²) < 4.78 is 5.25. The maximum atomic E-state index is 11.8. The first-order valence-electron chi connectivity index (χ1n) is 11.0. The van der Waals surface area contributed by atoms with Gasteiger partial charge in [0, 0.05) is 11.6 Å². The molecule has 4 heteroatoms. The Morgan fingerprint density at radius 1 is 0.897 bits per heavy atom. The summed E-state index contributed by atoms with van der Waals surface area (Å²) in [4.78, 5) is 20.5. The predicted octanol–water partition coefficient (Wildman–Crippen LogP) is 6.70. The van der Waals surface area contributed by atoms with E-state index in [0.29, 0.717) is 11.6 Å². The molecule has 2 aromatic rings.